The van der Waals surface area contributed by atoms with E-state index in [0.29, 0.717) is 6.54 Å². The molecule has 0 spiro atoms. The number of carbonyl (C=O) groups excluding carboxylic acids is 1. The molecule has 1 amide bonds. The van der Waals surface area contributed by atoms with E-state index in [-0.39, 0.29) is 30.2 Å². The first-order valence-corrected chi connectivity index (χ1v) is 6.93. The van der Waals surface area contributed by atoms with Crippen LogP contribution in [-0.2, 0) is 11.2 Å². The Morgan fingerprint density at radius 2 is 2.25 bits per heavy atom. The number of piperidine rings is 1. The van der Waals surface area contributed by atoms with Crippen molar-refractivity contribution in [3.8, 4) is 0 Å². The summed E-state index contributed by atoms with van der Waals surface area (Å²) < 4.78 is 13.0. The summed E-state index contributed by atoms with van der Waals surface area (Å²) in [6.07, 6.45) is 3.92. The van der Waals surface area contributed by atoms with Crippen LogP contribution < -0.4 is 10.6 Å². The lowest BCUT2D eigenvalue weighted by molar-refractivity contribution is -0.123. The number of rotatable bonds is 4. The second-order valence-corrected chi connectivity index (χ2v) is 5.11. The molecule has 5 heteroatoms. The molecular formula is C15H22ClFN2O. The van der Waals surface area contributed by atoms with Crippen molar-refractivity contribution < 1.29 is 9.18 Å². The minimum absolute atomic E-state index is 0. The number of hydrogen-bond donors (Lipinski definition) is 2. The van der Waals surface area contributed by atoms with Gasteiger partial charge in [-0.1, -0.05) is 12.5 Å². The number of carbonyl (C=O) groups is 1. The lowest BCUT2D eigenvalue weighted by Gasteiger charge is -2.22. The highest BCUT2D eigenvalue weighted by atomic mass is 35.5. The Hall–Kier alpha value is -1.13. The molecule has 2 rings (SSSR count). The van der Waals surface area contributed by atoms with Gasteiger partial charge in [0.2, 0.25) is 5.91 Å². The molecule has 0 radical (unpaired) electrons. The van der Waals surface area contributed by atoms with Crippen molar-refractivity contribution in [2.24, 2.45) is 0 Å². The lowest BCUT2D eigenvalue weighted by atomic mass is 10.0. The molecule has 0 aromatic heterocycles. The van der Waals surface area contributed by atoms with E-state index in [1.807, 2.05) is 6.92 Å². The van der Waals surface area contributed by atoms with Gasteiger partial charge in [0.1, 0.15) is 5.82 Å². The van der Waals surface area contributed by atoms with Crippen LogP contribution in [0.3, 0.4) is 0 Å². The summed E-state index contributed by atoms with van der Waals surface area (Å²) in [5.41, 5.74) is 2.02. The zero-order valence-corrected chi connectivity index (χ0v) is 12.6. The highest BCUT2D eigenvalue weighted by Gasteiger charge is 2.19. The van der Waals surface area contributed by atoms with Crippen LogP contribution in [0, 0.1) is 12.7 Å². The van der Waals surface area contributed by atoms with Gasteiger partial charge in [-0.3, -0.25) is 4.79 Å². The molecule has 1 fully saturated rings. The third-order valence-corrected chi connectivity index (χ3v) is 3.63. The van der Waals surface area contributed by atoms with Crippen molar-refractivity contribution in [1.82, 2.24) is 10.6 Å². The van der Waals surface area contributed by atoms with Crippen molar-refractivity contribution >= 4 is 18.3 Å². The van der Waals surface area contributed by atoms with E-state index in [1.165, 1.54) is 12.1 Å². The van der Waals surface area contributed by atoms with Crippen LogP contribution in [0.2, 0.25) is 0 Å². The molecule has 20 heavy (non-hydrogen) atoms. The Bertz CT molecular complexity index is 447. The average molecular weight is 301 g/mol. The molecule has 1 aromatic carbocycles. The molecule has 3 nitrogen and oxygen atoms in total. The van der Waals surface area contributed by atoms with E-state index in [2.05, 4.69) is 10.6 Å². The Kier molecular flexibility index (Phi) is 6.96. The summed E-state index contributed by atoms with van der Waals surface area (Å²) in [5.74, 6) is -0.129. The first-order chi connectivity index (χ1) is 9.16. The molecule has 2 N–H and O–H groups in total. The van der Waals surface area contributed by atoms with Gasteiger partial charge in [0.05, 0.1) is 6.04 Å². The van der Waals surface area contributed by atoms with Crippen LogP contribution in [0.1, 0.15) is 30.4 Å². The minimum atomic E-state index is -0.211. The zero-order chi connectivity index (χ0) is 13.7. The Balaban J connectivity index is 0.00000200. The fourth-order valence-corrected chi connectivity index (χ4v) is 2.46. The van der Waals surface area contributed by atoms with Gasteiger partial charge in [-0.05, 0) is 56.0 Å². The van der Waals surface area contributed by atoms with E-state index in [1.54, 1.807) is 6.07 Å². The second kappa shape index (κ2) is 8.22. The van der Waals surface area contributed by atoms with Gasteiger partial charge >= 0.3 is 0 Å². The summed E-state index contributed by atoms with van der Waals surface area (Å²) in [5, 5.41) is 6.17. The fraction of sp³-hybridized carbons (Fsp3) is 0.533. The Labute approximate surface area is 125 Å². The van der Waals surface area contributed by atoms with Gasteiger partial charge in [0.25, 0.3) is 0 Å². The van der Waals surface area contributed by atoms with Gasteiger partial charge in [-0.15, -0.1) is 12.4 Å². The Morgan fingerprint density at radius 3 is 2.90 bits per heavy atom. The number of aryl methyl sites for hydroxylation is 1. The van der Waals surface area contributed by atoms with Crippen molar-refractivity contribution in [2.45, 2.75) is 38.6 Å². The molecule has 0 saturated carbocycles. The first-order valence-electron chi connectivity index (χ1n) is 6.93. The molecule has 0 bridgehead atoms. The molecule has 1 unspecified atom stereocenters. The van der Waals surface area contributed by atoms with E-state index >= 15 is 0 Å². The highest BCUT2D eigenvalue weighted by molar-refractivity contribution is 5.85. The molecule has 1 saturated heterocycles. The summed E-state index contributed by atoms with van der Waals surface area (Å²) >= 11 is 0. The summed E-state index contributed by atoms with van der Waals surface area (Å²) in [7, 11) is 0. The van der Waals surface area contributed by atoms with Crippen molar-refractivity contribution in [3.63, 3.8) is 0 Å². The maximum Gasteiger partial charge on any atom is 0.237 e. The molecule has 0 aliphatic carbocycles. The van der Waals surface area contributed by atoms with Crippen LogP contribution in [0.4, 0.5) is 4.39 Å². The van der Waals surface area contributed by atoms with Gasteiger partial charge in [0, 0.05) is 6.54 Å². The van der Waals surface area contributed by atoms with Gasteiger partial charge in [0.15, 0.2) is 0 Å². The van der Waals surface area contributed by atoms with Gasteiger partial charge in [-0.25, -0.2) is 4.39 Å². The predicted molar refractivity (Wildman–Crippen MR) is 80.7 cm³/mol. The highest BCUT2D eigenvalue weighted by Crippen LogP contribution is 2.10. The van der Waals surface area contributed by atoms with Crippen LogP contribution in [0.5, 0.6) is 0 Å². The predicted octanol–water partition coefficient (Wildman–Crippen LogP) is 2.36. The van der Waals surface area contributed by atoms with E-state index < -0.39 is 0 Å². The maximum atomic E-state index is 13.0. The Morgan fingerprint density at radius 1 is 1.45 bits per heavy atom. The molecule has 1 aliphatic rings. The lowest BCUT2D eigenvalue weighted by Crippen LogP contribution is -2.47. The largest absolute Gasteiger partial charge is 0.354 e. The normalized spacial score (nSPS) is 18.2. The number of amides is 1. The zero-order valence-electron chi connectivity index (χ0n) is 11.7. The smallest absolute Gasteiger partial charge is 0.237 e. The number of halogens is 2. The summed E-state index contributed by atoms with van der Waals surface area (Å²) in [6, 6.07) is 4.74. The van der Waals surface area contributed by atoms with E-state index in [4.69, 9.17) is 0 Å². The number of benzene rings is 1. The van der Waals surface area contributed by atoms with Crippen molar-refractivity contribution in [2.75, 3.05) is 13.1 Å². The molecule has 1 heterocycles. The molecule has 1 aromatic rings. The van der Waals surface area contributed by atoms with Crippen molar-refractivity contribution in [3.05, 3.63) is 35.1 Å². The topological polar surface area (TPSA) is 41.1 Å². The van der Waals surface area contributed by atoms with Gasteiger partial charge in [-0.2, -0.15) is 0 Å². The summed E-state index contributed by atoms with van der Waals surface area (Å²) in [6.45, 7) is 3.42. The van der Waals surface area contributed by atoms with Crippen LogP contribution in [0.25, 0.3) is 0 Å². The molecular weight excluding hydrogens is 279 g/mol. The van der Waals surface area contributed by atoms with Gasteiger partial charge < -0.3 is 10.6 Å². The van der Waals surface area contributed by atoms with Crippen LogP contribution in [-0.4, -0.2) is 25.0 Å². The van der Waals surface area contributed by atoms with Crippen molar-refractivity contribution in [1.29, 1.82) is 0 Å². The SMILES string of the molecule is Cc1cc(F)ccc1CCNC(=O)C1CCCCN1.Cl. The second-order valence-electron chi connectivity index (χ2n) is 5.11. The minimum Gasteiger partial charge on any atom is -0.354 e. The van der Waals surface area contributed by atoms with Crippen LogP contribution >= 0.6 is 12.4 Å². The molecule has 1 aliphatic heterocycles. The quantitative estimate of drug-likeness (QED) is 0.896. The number of nitrogens with one attached hydrogen (secondary N) is 2. The monoisotopic (exact) mass is 300 g/mol. The maximum absolute atomic E-state index is 13.0. The summed E-state index contributed by atoms with van der Waals surface area (Å²) in [4.78, 5) is 11.9. The standard InChI is InChI=1S/C15H21FN2O.ClH/c1-11-10-13(16)6-5-12(11)7-9-18-15(19)14-4-2-3-8-17-14;/h5-6,10,14,17H,2-4,7-9H2,1H3,(H,18,19);1H. The first kappa shape index (κ1) is 16.9. The third kappa shape index (κ3) is 4.76. The van der Waals surface area contributed by atoms with Crippen LogP contribution in [0.15, 0.2) is 18.2 Å². The molecule has 112 valence electrons. The van der Waals surface area contributed by atoms with E-state index in [9.17, 15) is 9.18 Å². The molecule has 1 atom stereocenters. The van der Waals surface area contributed by atoms with E-state index in [0.717, 1.165) is 43.4 Å². The number of hydrogen-bond acceptors (Lipinski definition) is 2. The fourth-order valence-electron chi connectivity index (χ4n) is 2.46. The average Bonchev–Trinajstić information content (AvgIpc) is 2.42. The third-order valence-electron chi connectivity index (χ3n) is 3.63.